The summed E-state index contributed by atoms with van der Waals surface area (Å²) in [5.41, 5.74) is 0.794. The van der Waals surface area contributed by atoms with Crippen LogP contribution in [0.2, 0.25) is 0 Å². The van der Waals surface area contributed by atoms with E-state index in [9.17, 15) is 12.8 Å². The summed E-state index contributed by atoms with van der Waals surface area (Å²) in [5.74, 6) is 0.495. The Hall–Kier alpha value is -2.12. The number of hydrogen-bond donors (Lipinski definition) is 0. The fraction of sp³-hybridized carbons (Fsp3) is 0.333. The predicted octanol–water partition coefficient (Wildman–Crippen LogP) is 3.37. The molecule has 7 heteroatoms. The highest BCUT2D eigenvalue weighted by atomic mass is 32.2. The minimum absolute atomic E-state index is 0.152. The molecule has 0 aliphatic carbocycles. The fourth-order valence-electron chi connectivity index (χ4n) is 3.16. The van der Waals surface area contributed by atoms with Gasteiger partial charge < -0.3 is 9.47 Å². The van der Waals surface area contributed by atoms with E-state index in [0.29, 0.717) is 24.5 Å². The molecule has 2 aromatic rings. The van der Waals surface area contributed by atoms with Gasteiger partial charge in [-0.1, -0.05) is 12.1 Å². The lowest BCUT2D eigenvalue weighted by atomic mass is 10.1. The molecule has 2 aromatic carbocycles. The summed E-state index contributed by atoms with van der Waals surface area (Å²) < 4.78 is 51.2. The van der Waals surface area contributed by atoms with Crippen molar-refractivity contribution in [1.29, 1.82) is 0 Å². The van der Waals surface area contributed by atoms with Gasteiger partial charge in [0.2, 0.25) is 10.0 Å². The van der Waals surface area contributed by atoms with Crippen LogP contribution in [0, 0.1) is 5.82 Å². The van der Waals surface area contributed by atoms with Crippen LogP contribution in [-0.4, -0.2) is 33.5 Å². The van der Waals surface area contributed by atoms with Gasteiger partial charge in [0, 0.05) is 12.6 Å². The quantitative estimate of drug-likeness (QED) is 0.815. The Morgan fingerprint density at radius 3 is 2.36 bits per heavy atom. The zero-order valence-electron chi connectivity index (χ0n) is 14.1. The maximum Gasteiger partial charge on any atom is 0.243 e. The zero-order valence-corrected chi connectivity index (χ0v) is 14.9. The van der Waals surface area contributed by atoms with Crippen LogP contribution in [0.5, 0.6) is 11.5 Å². The molecule has 0 aromatic heterocycles. The third-order valence-electron chi connectivity index (χ3n) is 4.42. The van der Waals surface area contributed by atoms with Crippen molar-refractivity contribution in [1.82, 2.24) is 4.31 Å². The molecule has 0 unspecified atom stereocenters. The maximum absolute atomic E-state index is 13.2. The lowest BCUT2D eigenvalue weighted by Gasteiger charge is -2.25. The van der Waals surface area contributed by atoms with E-state index in [0.717, 1.165) is 12.0 Å². The summed E-state index contributed by atoms with van der Waals surface area (Å²) >= 11 is 0. The third kappa shape index (κ3) is 3.34. The van der Waals surface area contributed by atoms with Crippen molar-refractivity contribution in [3.8, 4) is 11.5 Å². The second-order valence-corrected chi connectivity index (χ2v) is 7.73. The van der Waals surface area contributed by atoms with Crippen molar-refractivity contribution in [2.75, 3.05) is 20.8 Å². The molecule has 3 rings (SSSR count). The number of nitrogens with zero attached hydrogens (tertiary/aromatic N) is 1. The molecular formula is C18H20FNO4S. The summed E-state index contributed by atoms with van der Waals surface area (Å²) in [6.45, 7) is 0.429. The van der Waals surface area contributed by atoms with Gasteiger partial charge in [0.1, 0.15) is 5.82 Å². The molecule has 0 amide bonds. The molecular weight excluding hydrogens is 345 g/mol. The van der Waals surface area contributed by atoms with Gasteiger partial charge in [0.15, 0.2) is 11.5 Å². The van der Waals surface area contributed by atoms with Crippen LogP contribution in [0.15, 0.2) is 47.4 Å². The highest BCUT2D eigenvalue weighted by Crippen LogP contribution is 2.38. The van der Waals surface area contributed by atoms with E-state index in [4.69, 9.17) is 9.47 Å². The van der Waals surface area contributed by atoms with E-state index in [2.05, 4.69) is 0 Å². The standard InChI is InChI=1S/C18H20FNO4S/c1-23-17-10-9-15(12-18(17)24-2)25(21,22)20-11-3-4-16(20)13-5-7-14(19)8-6-13/h5-10,12,16H,3-4,11H2,1-2H3/t16-/m1/s1. The maximum atomic E-state index is 13.2. The second-order valence-electron chi connectivity index (χ2n) is 5.84. The monoisotopic (exact) mass is 365 g/mol. The largest absolute Gasteiger partial charge is 0.493 e. The Kier molecular flexibility index (Phi) is 4.96. The first-order chi connectivity index (χ1) is 12.0. The van der Waals surface area contributed by atoms with E-state index < -0.39 is 10.0 Å². The minimum atomic E-state index is -3.70. The van der Waals surface area contributed by atoms with E-state index >= 15 is 0 Å². The van der Waals surface area contributed by atoms with E-state index in [1.807, 2.05) is 0 Å². The first kappa shape index (κ1) is 17.7. The van der Waals surface area contributed by atoms with Crippen LogP contribution in [-0.2, 0) is 10.0 Å². The molecule has 5 nitrogen and oxygen atoms in total. The Bertz CT molecular complexity index is 852. The highest BCUT2D eigenvalue weighted by molar-refractivity contribution is 7.89. The molecule has 0 saturated carbocycles. The predicted molar refractivity (Wildman–Crippen MR) is 91.8 cm³/mol. The third-order valence-corrected chi connectivity index (χ3v) is 6.32. The summed E-state index contributed by atoms with van der Waals surface area (Å²) in [5, 5.41) is 0. The van der Waals surface area contributed by atoms with Crippen LogP contribution in [0.4, 0.5) is 4.39 Å². The average Bonchev–Trinajstić information content (AvgIpc) is 3.12. The van der Waals surface area contributed by atoms with Gasteiger partial charge in [-0.05, 0) is 42.7 Å². The molecule has 1 atom stereocenters. The number of halogens is 1. The van der Waals surface area contributed by atoms with Crippen molar-refractivity contribution in [2.24, 2.45) is 0 Å². The minimum Gasteiger partial charge on any atom is -0.493 e. The summed E-state index contributed by atoms with van der Waals surface area (Å²) in [7, 11) is -0.739. The fourth-order valence-corrected chi connectivity index (χ4v) is 4.86. The van der Waals surface area contributed by atoms with E-state index in [-0.39, 0.29) is 16.8 Å². The molecule has 1 saturated heterocycles. The topological polar surface area (TPSA) is 55.8 Å². The number of benzene rings is 2. The van der Waals surface area contributed by atoms with Crippen molar-refractivity contribution in [3.63, 3.8) is 0 Å². The van der Waals surface area contributed by atoms with Crippen molar-refractivity contribution < 1.29 is 22.3 Å². The highest BCUT2D eigenvalue weighted by Gasteiger charge is 2.36. The average molecular weight is 365 g/mol. The van der Waals surface area contributed by atoms with Crippen molar-refractivity contribution in [3.05, 3.63) is 53.8 Å². The van der Waals surface area contributed by atoms with Crippen LogP contribution in [0.1, 0.15) is 24.4 Å². The summed E-state index contributed by atoms with van der Waals surface area (Å²) in [6.07, 6.45) is 1.46. The smallest absolute Gasteiger partial charge is 0.243 e. The van der Waals surface area contributed by atoms with E-state index in [1.54, 1.807) is 18.2 Å². The SMILES string of the molecule is COc1ccc(S(=O)(=O)N2CCC[C@@H]2c2ccc(F)cc2)cc1OC. The Morgan fingerprint density at radius 1 is 1.04 bits per heavy atom. The Morgan fingerprint density at radius 2 is 1.72 bits per heavy atom. The van der Waals surface area contributed by atoms with Crippen LogP contribution in [0.3, 0.4) is 0 Å². The van der Waals surface area contributed by atoms with Crippen LogP contribution in [0.25, 0.3) is 0 Å². The lowest BCUT2D eigenvalue weighted by molar-refractivity contribution is 0.353. The summed E-state index contributed by atoms with van der Waals surface area (Å²) in [4.78, 5) is 0.152. The lowest BCUT2D eigenvalue weighted by Crippen LogP contribution is -2.30. The number of hydrogen-bond acceptors (Lipinski definition) is 4. The van der Waals surface area contributed by atoms with Gasteiger partial charge in [-0.25, -0.2) is 12.8 Å². The molecule has 0 bridgehead atoms. The molecule has 1 aliphatic rings. The van der Waals surface area contributed by atoms with Gasteiger partial charge in [-0.3, -0.25) is 0 Å². The zero-order chi connectivity index (χ0) is 18.0. The van der Waals surface area contributed by atoms with Gasteiger partial charge in [-0.15, -0.1) is 0 Å². The first-order valence-electron chi connectivity index (χ1n) is 7.96. The molecule has 1 fully saturated rings. The Labute approximate surface area is 147 Å². The van der Waals surface area contributed by atoms with Crippen molar-refractivity contribution in [2.45, 2.75) is 23.8 Å². The second kappa shape index (κ2) is 7.01. The molecule has 1 aliphatic heterocycles. The molecule has 25 heavy (non-hydrogen) atoms. The molecule has 0 N–H and O–H groups in total. The molecule has 1 heterocycles. The van der Waals surface area contributed by atoms with Crippen LogP contribution >= 0.6 is 0 Å². The number of methoxy groups -OCH3 is 2. The number of rotatable bonds is 5. The summed E-state index contributed by atoms with van der Waals surface area (Å²) in [6, 6.07) is 10.3. The number of sulfonamides is 1. The normalized spacial score (nSPS) is 18.3. The van der Waals surface area contributed by atoms with Crippen LogP contribution < -0.4 is 9.47 Å². The Balaban J connectivity index is 1.97. The van der Waals surface area contributed by atoms with Crippen molar-refractivity contribution >= 4 is 10.0 Å². The first-order valence-corrected chi connectivity index (χ1v) is 9.40. The van der Waals surface area contributed by atoms with Gasteiger partial charge in [-0.2, -0.15) is 4.31 Å². The molecule has 134 valence electrons. The van der Waals surface area contributed by atoms with Gasteiger partial charge >= 0.3 is 0 Å². The van der Waals surface area contributed by atoms with E-state index in [1.165, 1.54) is 42.8 Å². The van der Waals surface area contributed by atoms with Gasteiger partial charge in [0.05, 0.1) is 25.2 Å². The molecule has 0 spiro atoms. The molecule has 0 radical (unpaired) electrons. The number of ether oxygens (including phenoxy) is 2. The van der Waals surface area contributed by atoms with Gasteiger partial charge in [0.25, 0.3) is 0 Å².